The molecule has 3 aromatic carbocycles. The number of thioether (sulfide) groups is 1. The molecule has 5 heteroatoms. The van der Waals surface area contributed by atoms with E-state index in [2.05, 4.69) is 43.0 Å². The quantitative estimate of drug-likeness (QED) is 0.213. The van der Waals surface area contributed by atoms with Crippen LogP contribution < -0.4 is 0 Å². The van der Waals surface area contributed by atoms with Gasteiger partial charge in [0.05, 0.1) is 5.69 Å². The van der Waals surface area contributed by atoms with Crippen LogP contribution in [-0.4, -0.2) is 21.7 Å². The molecule has 178 valence electrons. The Morgan fingerprint density at radius 1 is 1.00 bits per heavy atom. The van der Waals surface area contributed by atoms with Crippen molar-refractivity contribution in [1.29, 1.82) is 0 Å². The summed E-state index contributed by atoms with van der Waals surface area (Å²) >= 11 is 7.86. The fourth-order valence-electron chi connectivity index (χ4n) is 4.56. The summed E-state index contributed by atoms with van der Waals surface area (Å²) in [6, 6.07) is 21.9. The molecule has 0 atom stereocenters. The second-order valence-corrected chi connectivity index (χ2v) is 10.7. The Bertz CT molecular complexity index is 1120. The van der Waals surface area contributed by atoms with Gasteiger partial charge in [-0.25, -0.2) is 4.99 Å². The molecule has 0 amide bonds. The fraction of sp³-hybridized carbons (Fsp3) is 0.345. The van der Waals surface area contributed by atoms with Gasteiger partial charge in [-0.2, -0.15) is 0 Å². The first-order chi connectivity index (χ1) is 16.5. The number of aromatic hydroxyl groups is 1. The molecule has 0 spiro atoms. The molecule has 0 radical (unpaired) electrons. The largest absolute Gasteiger partial charge is 0.508 e. The van der Waals surface area contributed by atoms with Crippen LogP contribution in [0, 0.1) is 19.8 Å². The highest BCUT2D eigenvalue weighted by atomic mass is 35.5. The maximum atomic E-state index is 10.1. The molecular formula is C29H33ClN2OS. The van der Waals surface area contributed by atoms with Crippen LogP contribution in [0.2, 0.25) is 5.02 Å². The van der Waals surface area contributed by atoms with Crippen molar-refractivity contribution in [3.63, 3.8) is 0 Å². The van der Waals surface area contributed by atoms with Crippen molar-refractivity contribution in [2.24, 2.45) is 10.9 Å². The first-order valence-corrected chi connectivity index (χ1v) is 13.3. The average molecular weight is 493 g/mol. The van der Waals surface area contributed by atoms with Gasteiger partial charge in [-0.15, -0.1) is 0 Å². The third kappa shape index (κ3) is 7.04. The number of rotatable bonds is 6. The summed E-state index contributed by atoms with van der Waals surface area (Å²) in [4.78, 5) is 8.74. The lowest BCUT2D eigenvalue weighted by atomic mass is 9.89. The van der Waals surface area contributed by atoms with Gasteiger partial charge in [0.25, 0.3) is 0 Å². The molecule has 1 N–H and O–H groups in total. The van der Waals surface area contributed by atoms with Gasteiger partial charge < -0.3 is 10.0 Å². The average Bonchev–Trinajstić information content (AvgIpc) is 2.82. The normalized spacial score (nSPS) is 14.9. The molecule has 1 aliphatic carbocycles. The maximum Gasteiger partial charge on any atom is 0.169 e. The number of phenols is 1. The highest BCUT2D eigenvalue weighted by molar-refractivity contribution is 8.13. The third-order valence-corrected chi connectivity index (χ3v) is 7.80. The highest BCUT2D eigenvalue weighted by Gasteiger charge is 2.22. The molecule has 0 bridgehead atoms. The summed E-state index contributed by atoms with van der Waals surface area (Å²) in [5, 5.41) is 11.8. The van der Waals surface area contributed by atoms with Crippen molar-refractivity contribution in [2.75, 3.05) is 6.54 Å². The molecule has 34 heavy (non-hydrogen) atoms. The van der Waals surface area contributed by atoms with Crippen LogP contribution >= 0.6 is 23.4 Å². The predicted octanol–water partition coefficient (Wildman–Crippen LogP) is 8.52. The number of aryl methyl sites for hydroxylation is 2. The number of benzene rings is 3. The molecule has 3 aromatic rings. The molecule has 0 unspecified atom stereocenters. The highest BCUT2D eigenvalue weighted by Crippen LogP contribution is 2.32. The molecule has 1 aliphatic rings. The molecule has 0 saturated heterocycles. The molecule has 1 fully saturated rings. The van der Waals surface area contributed by atoms with Crippen LogP contribution in [0.25, 0.3) is 0 Å². The van der Waals surface area contributed by atoms with Gasteiger partial charge in [-0.3, -0.25) is 0 Å². The lowest BCUT2D eigenvalue weighted by Crippen LogP contribution is -2.34. The van der Waals surface area contributed by atoms with Crippen molar-refractivity contribution < 1.29 is 5.11 Å². The monoisotopic (exact) mass is 492 g/mol. The number of hydrogen-bond acceptors (Lipinski definition) is 3. The zero-order chi connectivity index (χ0) is 23.9. The van der Waals surface area contributed by atoms with E-state index in [1.165, 1.54) is 48.1 Å². The Balaban J connectivity index is 1.71. The SMILES string of the molecule is Cc1ccc(SC(=Nc2ccc(Cl)cc2)N(Cc2cccc(O)c2)CC2CCCCC2)c(C)c1. The molecule has 0 heterocycles. The van der Waals surface area contributed by atoms with E-state index in [4.69, 9.17) is 16.6 Å². The van der Waals surface area contributed by atoms with Crippen molar-refractivity contribution >= 4 is 34.2 Å². The van der Waals surface area contributed by atoms with Crippen LogP contribution in [0.3, 0.4) is 0 Å². The van der Waals surface area contributed by atoms with Gasteiger partial charge in [0, 0.05) is 23.0 Å². The van der Waals surface area contributed by atoms with Crippen LogP contribution in [0.5, 0.6) is 5.75 Å². The first kappa shape index (κ1) is 24.7. The van der Waals surface area contributed by atoms with Crippen molar-refractivity contribution in [1.82, 2.24) is 4.90 Å². The molecule has 0 aromatic heterocycles. The number of halogens is 1. The van der Waals surface area contributed by atoms with E-state index in [1.54, 1.807) is 17.8 Å². The second kappa shape index (κ2) is 11.8. The lowest BCUT2D eigenvalue weighted by Gasteiger charge is -2.32. The van der Waals surface area contributed by atoms with Gasteiger partial charge in [-0.1, -0.05) is 72.5 Å². The minimum Gasteiger partial charge on any atom is -0.508 e. The fourth-order valence-corrected chi connectivity index (χ4v) is 5.66. The van der Waals surface area contributed by atoms with E-state index in [-0.39, 0.29) is 0 Å². The van der Waals surface area contributed by atoms with Crippen molar-refractivity contribution in [3.8, 4) is 5.75 Å². The number of nitrogens with zero attached hydrogens (tertiary/aromatic N) is 2. The number of aliphatic imine (C=N–C) groups is 1. The Labute approximate surface area is 212 Å². The van der Waals surface area contributed by atoms with Crippen molar-refractivity contribution in [3.05, 3.63) is 88.4 Å². The molecule has 4 rings (SSSR count). The summed E-state index contributed by atoms with van der Waals surface area (Å²) in [5.41, 5.74) is 4.49. The summed E-state index contributed by atoms with van der Waals surface area (Å²) in [6.07, 6.45) is 6.47. The van der Waals surface area contributed by atoms with E-state index in [1.807, 2.05) is 36.4 Å². The summed E-state index contributed by atoms with van der Waals surface area (Å²) < 4.78 is 0. The lowest BCUT2D eigenvalue weighted by molar-refractivity contribution is 0.272. The van der Waals surface area contributed by atoms with Crippen molar-refractivity contribution in [2.45, 2.75) is 57.4 Å². The van der Waals surface area contributed by atoms with E-state index in [0.717, 1.165) is 23.0 Å². The number of amidine groups is 1. The molecular weight excluding hydrogens is 460 g/mol. The van der Waals surface area contributed by atoms with Crippen LogP contribution in [-0.2, 0) is 6.54 Å². The maximum absolute atomic E-state index is 10.1. The van der Waals surface area contributed by atoms with Gasteiger partial charge in [0.2, 0.25) is 0 Å². The Morgan fingerprint density at radius 2 is 1.76 bits per heavy atom. The van der Waals surface area contributed by atoms with E-state index < -0.39 is 0 Å². The zero-order valence-corrected chi connectivity index (χ0v) is 21.6. The zero-order valence-electron chi connectivity index (χ0n) is 20.0. The Kier molecular flexibility index (Phi) is 8.58. The first-order valence-electron chi connectivity index (χ1n) is 12.1. The Morgan fingerprint density at radius 3 is 2.47 bits per heavy atom. The number of phenolic OH excluding ortho intramolecular Hbond substituents is 1. The number of hydrogen-bond donors (Lipinski definition) is 1. The minimum absolute atomic E-state index is 0.299. The van der Waals surface area contributed by atoms with E-state index in [9.17, 15) is 5.11 Å². The molecule has 1 saturated carbocycles. The summed E-state index contributed by atoms with van der Waals surface area (Å²) in [5.74, 6) is 0.953. The second-order valence-electron chi connectivity index (χ2n) is 9.30. The summed E-state index contributed by atoms with van der Waals surface area (Å²) in [7, 11) is 0. The third-order valence-electron chi connectivity index (χ3n) is 6.34. The predicted molar refractivity (Wildman–Crippen MR) is 145 cm³/mol. The van der Waals surface area contributed by atoms with E-state index >= 15 is 0 Å². The Hall–Kier alpha value is -2.43. The topological polar surface area (TPSA) is 35.8 Å². The van der Waals surface area contributed by atoms with E-state index in [0.29, 0.717) is 23.2 Å². The van der Waals surface area contributed by atoms with Crippen LogP contribution in [0.4, 0.5) is 5.69 Å². The van der Waals surface area contributed by atoms with Gasteiger partial charge in [0.15, 0.2) is 5.17 Å². The summed E-state index contributed by atoms with van der Waals surface area (Å²) in [6.45, 7) is 5.95. The van der Waals surface area contributed by atoms with Gasteiger partial charge in [0.1, 0.15) is 5.75 Å². The van der Waals surface area contributed by atoms with Gasteiger partial charge in [-0.05, 0) is 86.2 Å². The smallest absolute Gasteiger partial charge is 0.169 e. The molecule has 0 aliphatic heterocycles. The van der Waals surface area contributed by atoms with Gasteiger partial charge >= 0.3 is 0 Å². The van der Waals surface area contributed by atoms with Crippen LogP contribution in [0.1, 0.15) is 48.8 Å². The molecule has 3 nitrogen and oxygen atoms in total. The van der Waals surface area contributed by atoms with Crippen LogP contribution in [0.15, 0.2) is 76.6 Å². The standard InChI is InChI=1S/C29H33ClN2OS/c1-21-11-16-28(22(2)17-21)34-29(31-26-14-12-25(30)13-15-26)32(19-23-7-4-3-5-8-23)20-24-9-6-10-27(33)18-24/h6,9-18,23,33H,3-5,7-8,19-20H2,1-2H3. The minimum atomic E-state index is 0.299.